The molecule has 0 spiro atoms. The molecule has 0 saturated heterocycles. The van der Waals surface area contributed by atoms with E-state index >= 15 is 0 Å². The Morgan fingerprint density at radius 3 is 2.60 bits per heavy atom. The minimum atomic E-state index is 0.163. The van der Waals surface area contributed by atoms with Crippen LogP contribution < -0.4 is 5.32 Å². The van der Waals surface area contributed by atoms with Crippen molar-refractivity contribution in [3.8, 4) is 0 Å². The largest absolute Gasteiger partial charge is 0.314 e. The Bertz CT molecular complexity index is 541. The Balaban J connectivity index is 2.00. The molecule has 1 aliphatic carbocycles. The lowest BCUT2D eigenvalue weighted by molar-refractivity contribution is 0.344. The second-order valence-electron chi connectivity index (χ2n) is 5.68. The average Bonchev–Trinajstić information content (AvgIpc) is 2.98. The van der Waals surface area contributed by atoms with Gasteiger partial charge in [-0.05, 0) is 25.5 Å². The smallest absolute Gasteiger partial charge is 0.103 e. The van der Waals surface area contributed by atoms with Gasteiger partial charge in [0.1, 0.15) is 5.01 Å². The van der Waals surface area contributed by atoms with Crippen LogP contribution in [0.25, 0.3) is 0 Å². The summed E-state index contributed by atoms with van der Waals surface area (Å²) < 4.78 is 0. The highest BCUT2D eigenvalue weighted by Crippen LogP contribution is 2.45. The van der Waals surface area contributed by atoms with E-state index in [1.165, 1.54) is 48.4 Å². The number of hydrogen-bond donors (Lipinski definition) is 1. The zero-order chi connectivity index (χ0) is 13.8. The van der Waals surface area contributed by atoms with Crippen molar-refractivity contribution in [1.82, 2.24) is 10.3 Å². The average molecular weight is 286 g/mol. The Hall–Kier alpha value is -1.19. The molecule has 1 fully saturated rings. The standard InChI is InChI=1S/C17H22N2S/c1-18-12-15-13-20-16(19-15)17(10-6-3-7-11-17)14-8-4-2-5-9-14/h2,4-5,8-9,13,18H,3,6-7,10-12H2,1H3. The maximum Gasteiger partial charge on any atom is 0.103 e. The first-order valence-corrected chi connectivity index (χ1v) is 8.38. The topological polar surface area (TPSA) is 24.9 Å². The fourth-order valence-electron chi connectivity index (χ4n) is 3.33. The minimum absolute atomic E-state index is 0.163. The van der Waals surface area contributed by atoms with Crippen molar-refractivity contribution in [2.45, 2.75) is 44.1 Å². The van der Waals surface area contributed by atoms with E-state index in [4.69, 9.17) is 4.98 Å². The quantitative estimate of drug-likeness (QED) is 0.915. The van der Waals surface area contributed by atoms with E-state index in [0.717, 1.165) is 6.54 Å². The molecule has 0 atom stereocenters. The van der Waals surface area contributed by atoms with Crippen LogP contribution in [0.5, 0.6) is 0 Å². The fraction of sp³-hybridized carbons (Fsp3) is 0.471. The Labute approximate surface area is 125 Å². The van der Waals surface area contributed by atoms with Gasteiger partial charge < -0.3 is 5.32 Å². The molecule has 0 radical (unpaired) electrons. The molecule has 20 heavy (non-hydrogen) atoms. The van der Waals surface area contributed by atoms with Gasteiger partial charge in [0, 0.05) is 17.3 Å². The number of thiazole rings is 1. The summed E-state index contributed by atoms with van der Waals surface area (Å²) in [5.74, 6) is 0. The van der Waals surface area contributed by atoms with Crippen molar-refractivity contribution < 1.29 is 0 Å². The van der Waals surface area contributed by atoms with E-state index in [9.17, 15) is 0 Å². The van der Waals surface area contributed by atoms with E-state index in [0.29, 0.717) is 0 Å². The third-order valence-corrected chi connectivity index (χ3v) is 5.45. The monoisotopic (exact) mass is 286 g/mol. The number of rotatable bonds is 4. The fourth-order valence-corrected chi connectivity index (χ4v) is 4.43. The molecule has 1 aliphatic rings. The van der Waals surface area contributed by atoms with E-state index in [2.05, 4.69) is 41.0 Å². The van der Waals surface area contributed by atoms with Gasteiger partial charge in [0.25, 0.3) is 0 Å². The summed E-state index contributed by atoms with van der Waals surface area (Å²) in [4.78, 5) is 4.93. The first kappa shape index (κ1) is 13.8. The third-order valence-electron chi connectivity index (χ3n) is 4.35. The molecular formula is C17H22N2S. The van der Waals surface area contributed by atoms with E-state index in [-0.39, 0.29) is 5.41 Å². The van der Waals surface area contributed by atoms with Crippen LogP contribution in [0.2, 0.25) is 0 Å². The van der Waals surface area contributed by atoms with Crippen molar-refractivity contribution in [3.63, 3.8) is 0 Å². The van der Waals surface area contributed by atoms with Gasteiger partial charge in [-0.25, -0.2) is 4.98 Å². The summed E-state index contributed by atoms with van der Waals surface area (Å²) in [5, 5.41) is 6.72. The molecular weight excluding hydrogens is 264 g/mol. The Morgan fingerprint density at radius 2 is 1.90 bits per heavy atom. The van der Waals surface area contributed by atoms with Gasteiger partial charge >= 0.3 is 0 Å². The SMILES string of the molecule is CNCc1csc(C2(c3ccccc3)CCCCC2)n1. The summed E-state index contributed by atoms with van der Waals surface area (Å²) in [6.45, 7) is 0.862. The van der Waals surface area contributed by atoms with E-state index in [1.54, 1.807) is 0 Å². The Morgan fingerprint density at radius 1 is 1.15 bits per heavy atom. The first-order chi connectivity index (χ1) is 9.85. The summed E-state index contributed by atoms with van der Waals surface area (Å²) in [5.41, 5.74) is 2.79. The molecule has 1 saturated carbocycles. The lowest BCUT2D eigenvalue weighted by Gasteiger charge is -2.36. The highest BCUT2D eigenvalue weighted by atomic mass is 32.1. The van der Waals surface area contributed by atoms with Crippen molar-refractivity contribution in [2.24, 2.45) is 0 Å². The molecule has 3 rings (SSSR count). The van der Waals surface area contributed by atoms with Gasteiger partial charge in [-0.2, -0.15) is 0 Å². The third kappa shape index (κ3) is 2.52. The van der Waals surface area contributed by atoms with Gasteiger partial charge in [0.2, 0.25) is 0 Å². The molecule has 1 heterocycles. The summed E-state index contributed by atoms with van der Waals surface area (Å²) in [7, 11) is 1.98. The van der Waals surface area contributed by atoms with Crippen molar-refractivity contribution >= 4 is 11.3 Å². The van der Waals surface area contributed by atoms with Gasteiger partial charge in [-0.15, -0.1) is 11.3 Å². The zero-order valence-corrected chi connectivity index (χ0v) is 12.9. The molecule has 2 nitrogen and oxygen atoms in total. The molecule has 2 aromatic rings. The molecule has 106 valence electrons. The van der Waals surface area contributed by atoms with Crippen LogP contribution in [-0.2, 0) is 12.0 Å². The number of nitrogens with zero attached hydrogens (tertiary/aromatic N) is 1. The van der Waals surface area contributed by atoms with Crippen molar-refractivity contribution in [3.05, 3.63) is 52.0 Å². The van der Waals surface area contributed by atoms with Crippen LogP contribution in [0.1, 0.15) is 48.4 Å². The van der Waals surface area contributed by atoms with Crippen LogP contribution in [0.4, 0.5) is 0 Å². The van der Waals surface area contributed by atoms with Gasteiger partial charge in [0.05, 0.1) is 5.69 Å². The number of hydrogen-bond acceptors (Lipinski definition) is 3. The number of benzene rings is 1. The number of nitrogens with one attached hydrogen (secondary N) is 1. The highest BCUT2D eigenvalue weighted by molar-refractivity contribution is 7.09. The van der Waals surface area contributed by atoms with Gasteiger partial charge in [0.15, 0.2) is 0 Å². The molecule has 0 unspecified atom stereocenters. The maximum atomic E-state index is 4.93. The lowest BCUT2D eigenvalue weighted by Crippen LogP contribution is -2.30. The maximum absolute atomic E-state index is 4.93. The van der Waals surface area contributed by atoms with Crippen LogP contribution in [0.15, 0.2) is 35.7 Å². The Kier molecular flexibility index (Phi) is 4.18. The molecule has 1 N–H and O–H groups in total. The molecule has 1 aromatic carbocycles. The van der Waals surface area contributed by atoms with E-state index in [1.807, 2.05) is 18.4 Å². The second-order valence-corrected chi connectivity index (χ2v) is 6.54. The molecule has 3 heteroatoms. The van der Waals surface area contributed by atoms with Crippen LogP contribution >= 0.6 is 11.3 Å². The second kappa shape index (κ2) is 6.06. The summed E-state index contributed by atoms with van der Waals surface area (Å²) in [6, 6.07) is 11.0. The molecule has 0 aliphatic heterocycles. The lowest BCUT2D eigenvalue weighted by atomic mass is 9.70. The summed E-state index contributed by atoms with van der Waals surface area (Å²) in [6.07, 6.45) is 6.47. The predicted octanol–water partition coefficient (Wildman–Crippen LogP) is 4.11. The minimum Gasteiger partial charge on any atom is -0.314 e. The van der Waals surface area contributed by atoms with Crippen LogP contribution in [0, 0.1) is 0 Å². The van der Waals surface area contributed by atoms with E-state index < -0.39 is 0 Å². The normalized spacial score (nSPS) is 18.1. The highest BCUT2D eigenvalue weighted by Gasteiger charge is 2.38. The van der Waals surface area contributed by atoms with Gasteiger partial charge in [-0.3, -0.25) is 0 Å². The van der Waals surface area contributed by atoms with Crippen molar-refractivity contribution in [1.29, 1.82) is 0 Å². The summed E-state index contributed by atoms with van der Waals surface area (Å²) >= 11 is 1.84. The zero-order valence-electron chi connectivity index (χ0n) is 12.1. The predicted molar refractivity (Wildman–Crippen MR) is 85.2 cm³/mol. The van der Waals surface area contributed by atoms with Crippen LogP contribution in [-0.4, -0.2) is 12.0 Å². The van der Waals surface area contributed by atoms with Gasteiger partial charge in [-0.1, -0.05) is 49.6 Å². The molecule has 0 amide bonds. The first-order valence-electron chi connectivity index (χ1n) is 7.50. The van der Waals surface area contributed by atoms with Crippen LogP contribution in [0.3, 0.4) is 0 Å². The van der Waals surface area contributed by atoms with Crippen molar-refractivity contribution in [2.75, 3.05) is 7.05 Å². The molecule has 1 aromatic heterocycles. The number of aromatic nitrogens is 1. The molecule has 0 bridgehead atoms.